The molecule has 8 heteroatoms. The summed E-state index contributed by atoms with van der Waals surface area (Å²) in [6, 6.07) is 11.0. The van der Waals surface area contributed by atoms with Crippen molar-refractivity contribution in [3.05, 3.63) is 63.1 Å². The molecule has 0 unspecified atom stereocenters. The Morgan fingerprint density at radius 2 is 2.00 bits per heavy atom. The Morgan fingerprint density at radius 1 is 1.24 bits per heavy atom. The molecule has 0 bridgehead atoms. The fourth-order valence-electron chi connectivity index (χ4n) is 2.38. The van der Waals surface area contributed by atoms with Gasteiger partial charge in [0.15, 0.2) is 11.5 Å². The van der Waals surface area contributed by atoms with Gasteiger partial charge in [0.2, 0.25) is 5.91 Å². The third kappa shape index (κ3) is 7.44. The van der Waals surface area contributed by atoms with Crippen LogP contribution in [0.5, 0.6) is 11.5 Å². The van der Waals surface area contributed by atoms with E-state index in [1.54, 1.807) is 24.3 Å². The summed E-state index contributed by atoms with van der Waals surface area (Å²) >= 11 is 9.67. The van der Waals surface area contributed by atoms with E-state index in [9.17, 15) is 9.59 Å². The van der Waals surface area contributed by atoms with E-state index < -0.39 is 5.97 Å². The van der Waals surface area contributed by atoms with Crippen LogP contribution in [0.3, 0.4) is 0 Å². The molecule has 0 radical (unpaired) electrons. The lowest BCUT2D eigenvalue weighted by molar-refractivity contribution is -0.136. The van der Waals surface area contributed by atoms with Gasteiger partial charge >= 0.3 is 5.97 Å². The third-order valence-corrected chi connectivity index (χ3v) is 4.68. The molecule has 0 heterocycles. The number of aliphatic carboxylic acids is 1. The SMILES string of the molecule is CCOc1cc(/C=C/C(=O)NCCC(=O)O)cc(Br)c1OCc1ccccc1Cl. The van der Waals surface area contributed by atoms with Crippen LogP contribution >= 0.6 is 27.5 Å². The lowest BCUT2D eigenvalue weighted by Crippen LogP contribution is -2.23. The Hall–Kier alpha value is -2.51. The van der Waals surface area contributed by atoms with Crippen LogP contribution in [0.25, 0.3) is 6.08 Å². The second kappa shape index (κ2) is 11.5. The standard InChI is InChI=1S/C21H21BrClNO5/c1-2-28-18-12-14(7-8-19(25)24-10-9-20(26)27)11-16(22)21(18)29-13-15-5-3-4-6-17(15)23/h3-8,11-12H,2,9-10,13H2,1H3,(H,24,25)(H,26,27)/b8-7+. The van der Waals surface area contributed by atoms with Gasteiger partial charge in [-0.3, -0.25) is 9.59 Å². The highest BCUT2D eigenvalue weighted by molar-refractivity contribution is 9.10. The van der Waals surface area contributed by atoms with Gasteiger partial charge in [0.05, 0.1) is 17.5 Å². The second-order valence-corrected chi connectivity index (χ2v) is 7.17. The van der Waals surface area contributed by atoms with E-state index in [0.29, 0.717) is 27.6 Å². The van der Waals surface area contributed by atoms with Crippen LogP contribution in [0.4, 0.5) is 0 Å². The molecule has 2 N–H and O–H groups in total. The van der Waals surface area contributed by atoms with Gasteiger partial charge in [0.25, 0.3) is 0 Å². The van der Waals surface area contributed by atoms with Crippen molar-refractivity contribution < 1.29 is 24.2 Å². The molecule has 2 rings (SSSR count). The number of nitrogens with one attached hydrogen (secondary N) is 1. The van der Waals surface area contributed by atoms with E-state index in [1.165, 1.54) is 6.08 Å². The van der Waals surface area contributed by atoms with E-state index >= 15 is 0 Å². The molecule has 2 aromatic carbocycles. The highest BCUT2D eigenvalue weighted by Gasteiger charge is 2.13. The number of hydrogen-bond donors (Lipinski definition) is 2. The van der Waals surface area contributed by atoms with E-state index in [4.69, 9.17) is 26.2 Å². The van der Waals surface area contributed by atoms with E-state index in [1.807, 2.05) is 25.1 Å². The molecule has 0 aromatic heterocycles. The summed E-state index contributed by atoms with van der Waals surface area (Å²) in [6.45, 7) is 2.66. The topological polar surface area (TPSA) is 84.9 Å². The summed E-state index contributed by atoms with van der Waals surface area (Å²) in [6.07, 6.45) is 2.82. The number of hydrogen-bond acceptors (Lipinski definition) is 4. The number of carboxylic acid groups (broad SMARTS) is 1. The summed E-state index contributed by atoms with van der Waals surface area (Å²) in [5.41, 5.74) is 1.57. The molecule has 6 nitrogen and oxygen atoms in total. The monoisotopic (exact) mass is 481 g/mol. The maximum atomic E-state index is 11.8. The highest BCUT2D eigenvalue weighted by atomic mass is 79.9. The van der Waals surface area contributed by atoms with Crippen molar-refractivity contribution in [2.75, 3.05) is 13.2 Å². The summed E-state index contributed by atoms with van der Waals surface area (Å²) in [5, 5.41) is 11.7. The van der Waals surface area contributed by atoms with E-state index in [-0.39, 0.29) is 25.5 Å². The minimum absolute atomic E-state index is 0.0707. The van der Waals surface area contributed by atoms with Crippen LogP contribution in [0.2, 0.25) is 5.02 Å². The number of amides is 1. The first-order valence-corrected chi connectivity index (χ1v) is 10.1. The molecular formula is C21H21BrClNO5. The predicted octanol–water partition coefficient (Wildman–Crippen LogP) is 4.68. The average Bonchev–Trinajstić information content (AvgIpc) is 2.67. The molecule has 0 aliphatic heterocycles. The Morgan fingerprint density at radius 3 is 2.69 bits per heavy atom. The lowest BCUT2D eigenvalue weighted by atomic mass is 10.2. The van der Waals surface area contributed by atoms with Crippen LogP contribution < -0.4 is 14.8 Å². The van der Waals surface area contributed by atoms with Crippen LogP contribution in [-0.4, -0.2) is 30.1 Å². The lowest BCUT2D eigenvalue weighted by Gasteiger charge is -2.15. The third-order valence-electron chi connectivity index (χ3n) is 3.73. The minimum Gasteiger partial charge on any atom is -0.490 e. The highest BCUT2D eigenvalue weighted by Crippen LogP contribution is 2.38. The molecule has 0 saturated carbocycles. The Labute approximate surface area is 182 Å². The van der Waals surface area contributed by atoms with Crippen LogP contribution in [0, 0.1) is 0 Å². The first-order valence-electron chi connectivity index (χ1n) is 8.91. The Bertz CT molecular complexity index is 901. The van der Waals surface area contributed by atoms with Crippen LogP contribution in [0.15, 0.2) is 46.9 Å². The number of carboxylic acids is 1. The van der Waals surface area contributed by atoms with Crippen molar-refractivity contribution in [1.29, 1.82) is 0 Å². The number of carbonyl (C=O) groups is 2. The maximum absolute atomic E-state index is 11.8. The Kier molecular flexibility index (Phi) is 9.02. The van der Waals surface area contributed by atoms with Crippen molar-refractivity contribution in [3.8, 4) is 11.5 Å². The van der Waals surface area contributed by atoms with Gasteiger partial charge in [-0.2, -0.15) is 0 Å². The Balaban J connectivity index is 2.12. The van der Waals surface area contributed by atoms with Gasteiger partial charge in [-0.1, -0.05) is 29.8 Å². The van der Waals surface area contributed by atoms with Crippen molar-refractivity contribution in [3.63, 3.8) is 0 Å². The predicted molar refractivity (Wildman–Crippen MR) is 115 cm³/mol. The molecule has 0 fully saturated rings. The molecular weight excluding hydrogens is 462 g/mol. The fourth-order valence-corrected chi connectivity index (χ4v) is 3.14. The minimum atomic E-state index is -0.966. The molecule has 1 amide bonds. The number of halogens is 2. The van der Waals surface area contributed by atoms with Gasteiger partial charge in [0, 0.05) is 23.2 Å². The average molecular weight is 483 g/mol. The molecule has 2 aromatic rings. The van der Waals surface area contributed by atoms with Gasteiger partial charge in [-0.25, -0.2) is 0 Å². The van der Waals surface area contributed by atoms with Gasteiger partial charge < -0.3 is 19.9 Å². The summed E-state index contributed by atoms with van der Waals surface area (Å²) in [5.74, 6) is -0.277. The molecule has 0 aliphatic rings. The van der Waals surface area contributed by atoms with Crippen molar-refractivity contribution in [1.82, 2.24) is 5.32 Å². The zero-order valence-corrected chi connectivity index (χ0v) is 18.1. The first kappa shape index (κ1) is 22.8. The summed E-state index contributed by atoms with van der Waals surface area (Å²) < 4.78 is 12.3. The quantitative estimate of drug-likeness (QED) is 0.480. The van der Waals surface area contributed by atoms with E-state index in [2.05, 4.69) is 21.2 Å². The van der Waals surface area contributed by atoms with Crippen LogP contribution in [0.1, 0.15) is 24.5 Å². The summed E-state index contributed by atoms with van der Waals surface area (Å²) in [4.78, 5) is 22.3. The maximum Gasteiger partial charge on any atom is 0.305 e. The molecule has 29 heavy (non-hydrogen) atoms. The zero-order valence-electron chi connectivity index (χ0n) is 15.8. The first-order chi connectivity index (χ1) is 13.9. The largest absolute Gasteiger partial charge is 0.490 e. The van der Waals surface area contributed by atoms with Crippen molar-refractivity contribution in [2.45, 2.75) is 20.0 Å². The molecule has 0 atom stereocenters. The molecule has 0 spiro atoms. The second-order valence-electron chi connectivity index (χ2n) is 5.91. The summed E-state index contributed by atoms with van der Waals surface area (Å²) in [7, 11) is 0. The van der Waals surface area contributed by atoms with E-state index in [0.717, 1.165) is 11.1 Å². The number of ether oxygens (including phenoxy) is 2. The fraction of sp³-hybridized carbons (Fsp3) is 0.238. The van der Waals surface area contributed by atoms with Crippen LogP contribution in [-0.2, 0) is 16.2 Å². The van der Waals surface area contributed by atoms with Gasteiger partial charge in [-0.15, -0.1) is 0 Å². The zero-order chi connectivity index (χ0) is 21.2. The number of carbonyl (C=O) groups excluding carboxylic acids is 1. The normalized spacial score (nSPS) is 10.7. The number of benzene rings is 2. The van der Waals surface area contributed by atoms with Crippen molar-refractivity contribution in [2.24, 2.45) is 0 Å². The van der Waals surface area contributed by atoms with Gasteiger partial charge in [0.1, 0.15) is 6.61 Å². The molecule has 154 valence electrons. The van der Waals surface area contributed by atoms with Gasteiger partial charge in [-0.05, 0) is 52.7 Å². The van der Waals surface area contributed by atoms with Crippen molar-refractivity contribution >= 4 is 45.5 Å². The smallest absolute Gasteiger partial charge is 0.305 e. The molecule has 0 saturated heterocycles. The number of rotatable bonds is 10. The molecule has 0 aliphatic carbocycles.